The predicted octanol–water partition coefficient (Wildman–Crippen LogP) is 4.28. The molecular formula is C13H11BrFN3O2. The summed E-state index contributed by atoms with van der Waals surface area (Å²) in [5.74, 6) is -0.428. The van der Waals surface area contributed by atoms with Crippen LogP contribution in [0.5, 0.6) is 0 Å². The average Bonchev–Trinajstić information content (AvgIpc) is 2.42. The molecule has 0 aliphatic rings. The van der Waals surface area contributed by atoms with E-state index >= 15 is 0 Å². The van der Waals surface area contributed by atoms with Gasteiger partial charge in [0.1, 0.15) is 17.2 Å². The first kappa shape index (κ1) is 14.3. The SMILES string of the molecule is CNc1cccc(Nc2cc(F)ccc2Br)c1[N+](=O)[O-]. The first-order valence-electron chi connectivity index (χ1n) is 5.70. The highest BCUT2D eigenvalue weighted by atomic mass is 79.9. The largest absolute Gasteiger partial charge is 0.382 e. The van der Waals surface area contributed by atoms with Crippen molar-refractivity contribution in [3.8, 4) is 0 Å². The number of nitro benzene ring substituents is 1. The number of benzene rings is 2. The van der Waals surface area contributed by atoms with E-state index in [1.165, 1.54) is 18.2 Å². The lowest BCUT2D eigenvalue weighted by Crippen LogP contribution is -2.01. The summed E-state index contributed by atoms with van der Waals surface area (Å²) in [6, 6.07) is 8.94. The molecule has 0 aromatic heterocycles. The van der Waals surface area contributed by atoms with Gasteiger partial charge in [-0.15, -0.1) is 0 Å². The highest BCUT2D eigenvalue weighted by Gasteiger charge is 2.19. The topological polar surface area (TPSA) is 67.2 Å². The van der Waals surface area contributed by atoms with Gasteiger partial charge in [-0.3, -0.25) is 10.1 Å². The molecule has 0 aliphatic heterocycles. The second kappa shape index (κ2) is 5.87. The average molecular weight is 340 g/mol. The molecule has 0 unspecified atom stereocenters. The molecule has 0 aliphatic carbocycles. The number of halogens is 2. The summed E-state index contributed by atoms with van der Waals surface area (Å²) < 4.78 is 13.9. The molecule has 20 heavy (non-hydrogen) atoms. The third-order valence-corrected chi connectivity index (χ3v) is 3.38. The molecule has 0 atom stereocenters. The summed E-state index contributed by atoms with van der Waals surface area (Å²) in [4.78, 5) is 10.7. The number of nitrogens with one attached hydrogen (secondary N) is 2. The molecule has 0 amide bonds. The molecular weight excluding hydrogens is 329 g/mol. The number of rotatable bonds is 4. The van der Waals surface area contributed by atoms with Crippen molar-refractivity contribution in [3.63, 3.8) is 0 Å². The normalized spacial score (nSPS) is 10.2. The van der Waals surface area contributed by atoms with Gasteiger partial charge in [-0.1, -0.05) is 6.07 Å². The molecule has 2 N–H and O–H groups in total. The minimum atomic E-state index is -0.485. The van der Waals surface area contributed by atoms with E-state index in [1.807, 2.05) is 0 Å². The summed E-state index contributed by atoms with van der Waals surface area (Å²) in [5, 5.41) is 16.8. The van der Waals surface area contributed by atoms with Crippen LogP contribution in [0.3, 0.4) is 0 Å². The van der Waals surface area contributed by atoms with Gasteiger partial charge in [0.15, 0.2) is 0 Å². The fourth-order valence-corrected chi connectivity index (χ4v) is 2.13. The van der Waals surface area contributed by atoms with Crippen LogP contribution in [-0.4, -0.2) is 12.0 Å². The number of nitro groups is 1. The summed E-state index contributed by atoms with van der Waals surface area (Å²) in [6.45, 7) is 0. The highest BCUT2D eigenvalue weighted by molar-refractivity contribution is 9.10. The molecule has 2 rings (SSSR count). The molecule has 0 saturated carbocycles. The number of nitrogens with zero attached hydrogens (tertiary/aromatic N) is 1. The Morgan fingerprint density at radius 3 is 2.55 bits per heavy atom. The minimum absolute atomic E-state index is 0.0915. The zero-order valence-corrected chi connectivity index (χ0v) is 12.1. The third-order valence-electron chi connectivity index (χ3n) is 2.69. The lowest BCUT2D eigenvalue weighted by molar-refractivity contribution is -0.383. The fraction of sp³-hybridized carbons (Fsp3) is 0.0769. The van der Waals surface area contributed by atoms with E-state index < -0.39 is 10.7 Å². The van der Waals surface area contributed by atoms with Crippen LogP contribution < -0.4 is 10.6 Å². The van der Waals surface area contributed by atoms with E-state index in [1.54, 1.807) is 25.2 Å². The van der Waals surface area contributed by atoms with E-state index in [2.05, 4.69) is 26.6 Å². The van der Waals surface area contributed by atoms with E-state index in [9.17, 15) is 14.5 Å². The van der Waals surface area contributed by atoms with Gasteiger partial charge in [0.05, 0.1) is 10.6 Å². The number of anilines is 3. The predicted molar refractivity (Wildman–Crippen MR) is 80.0 cm³/mol. The first-order chi connectivity index (χ1) is 9.52. The van der Waals surface area contributed by atoms with Gasteiger partial charge in [0.2, 0.25) is 0 Å². The zero-order valence-electron chi connectivity index (χ0n) is 10.5. The Labute approximate surface area is 123 Å². The number of hydrogen-bond acceptors (Lipinski definition) is 4. The van der Waals surface area contributed by atoms with Crippen LogP contribution in [0.25, 0.3) is 0 Å². The van der Waals surface area contributed by atoms with Gasteiger partial charge < -0.3 is 10.6 Å². The number of para-hydroxylation sites is 1. The summed E-state index contributed by atoms with van der Waals surface area (Å²) in [5.41, 5.74) is 0.994. The van der Waals surface area contributed by atoms with Crippen molar-refractivity contribution in [2.24, 2.45) is 0 Å². The quantitative estimate of drug-likeness (QED) is 0.644. The standard InChI is InChI=1S/C13H11BrFN3O2/c1-16-10-3-2-4-11(13(10)18(19)20)17-12-7-8(15)5-6-9(12)14/h2-7,16-17H,1H3. The van der Waals surface area contributed by atoms with Crippen molar-refractivity contribution in [1.82, 2.24) is 0 Å². The van der Waals surface area contributed by atoms with Crippen LogP contribution in [0.2, 0.25) is 0 Å². The van der Waals surface area contributed by atoms with Crippen molar-refractivity contribution in [2.75, 3.05) is 17.7 Å². The fourth-order valence-electron chi connectivity index (χ4n) is 1.78. The Morgan fingerprint density at radius 2 is 1.90 bits per heavy atom. The van der Waals surface area contributed by atoms with Crippen molar-refractivity contribution >= 4 is 38.7 Å². The molecule has 0 bridgehead atoms. The smallest absolute Gasteiger partial charge is 0.315 e. The zero-order chi connectivity index (χ0) is 14.7. The van der Waals surface area contributed by atoms with Crippen LogP contribution >= 0.6 is 15.9 Å². The molecule has 0 saturated heterocycles. The second-order valence-electron chi connectivity index (χ2n) is 3.96. The van der Waals surface area contributed by atoms with Gasteiger partial charge in [0, 0.05) is 11.5 Å². The maximum absolute atomic E-state index is 13.2. The van der Waals surface area contributed by atoms with E-state index in [4.69, 9.17) is 0 Å². The molecule has 2 aromatic rings. The van der Waals surface area contributed by atoms with E-state index in [0.717, 1.165) is 0 Å². The molecule has 2 aromatic carbocycles. The Morgan fingerprint density at radius 1 is 1.20 bits per heavy atom. The lowest BCUT2D eigenvalue weighted by atomic mass is 10.2. The van der Waals surface area contributed by atoms with Gasteiger partial charge >= 0.3 is 5.69 Å². The monoisotopic (exact) mass is 339 g/mol. The maximum Gasteiger partial charge on any atom is 0.315 e. The Hall–Kier alpha value is -2.15. The summed E-state index contributed by atoms with van der Waals surface area (Å²) in [7, 11) is 1.60. The van der Waals surface area contributed by atoms with Crippen molar-refractivity contribution in [2.45, 2.75) is 0 Å². The second-order valence-corrected chi connectivity index (χ2v) is 4.81. The van der Waals surface area contributed by atoms with Gasteiger partial charge in [-0.05, 0) is 46.3 Å². The Kier molecular flexibility index (Phi) is 4.19. The highest BCUT2D eigenvalue weighted by Crippen LogP contribution is 2.36. The van der Waals surface area contributed by atoms with E-state index in [-0.39, 0.29) is 11.4 Å². The molecule has 0 radical (unpaired) electrons. The molecule has 5 nitrogen and oxygen atoms in total. The molecule has 0 spiro atoms. The van der Waals surface area contributed by atoms with Gasteiger partial charge in [-0.25, -0.2) is 4.39 Å². The summed E-state index contributed by atoms with van der Waals surface area (Å²) >= 11 is 3.27. The minimum Gasteiger partial charge on any atom is -0.382 e. The first-order valence-corrected chi connectivity index (χ1v) is 6.49. The molecule has 7 heteroatoms. The van der Waals surface area contributed by atoms with Crippen molar-refractivity contribution in [3.05, 3.63) is 56.8 Å². The lowest BCUT2D eigenvalue weighted by Gasteiger charge is -2.11. The molecule has 0 heterocycles. The van der Waals surface area contributed by atoms with Gasteiger partial charge in [-0.2, -0.15) is 0 Å². The van der Waals surface area contributed by atoms with Crippen LogP contribution in [0, 0.1) is 15.9 Å². The van der Waals surface area contributed by atoms with Crippen LogP contribution in [0.4, 0.5) is 27.1 Å². The van der Waals surface area contributed by atoms with Crippen LogP contribution in [0.1, 0.15) is 0 Å². The Bertz CT molecular complexity index is 664. The van der Waals surface area contributed by atoms with Gasteiger partial charge in [0.25, 0.3) is 0 Å². The Balaban J connectivity index is 2.48. The van der Waals surface area contributed by atoms with Crippen LogP contribution in [0.15, 0.2) is 40.9 Å². The molecule has 0 fully saturated rings. The van der Waals surface area contributed by atoms with Crippen molar-refractivity contribution in [1.29, 1.82) is 0 Å². The summed E-state index contributed by atoms with van der Waals surface area (Å²) in [6.07, 6.45) is 0. The maximum atomic E-state index is 13.2. The third kappa shape index (κ3) is 2.88. The molecule has 104 valence electrons. The van der Waals surface area contributed by atoms with Crippen LogP contribution in [-0.2, 0) is 0 Å². The van der Waals surface area contributed by atoms with Crippen molar-refractivity contribution < 1.29 is 9.31 Å². The van der Waals surface area contributed by atoms with E-state index in [0.29, 0.717) is 15.8 Å². The number of hydrogen-bond donors (Lipinski definition) is 2.